The molecule has 0 saturated carbocycles. The van der Waals surface area contributed by atoms with Crippen LogP contribution in [0, 0.1) is 19.7 Å². The van der Waals surface area contributed by atoms with Crippen LogP contribution < -0.4 is 15.2 Å². The van der Waals surface area contributed by atoms with Crippen LogP contribution in [0.2, 0.25) is 5.02 Å². The van der Waals surface area contributed by atoms with Crippen LogP contribution >= 0.6 is 11.6 Å². The number of hydrogen-bond acceptors (Lipinski definition) is 7. The zero-order valence-corrected chi connectivity index (χ0v) is 20.2. The predicted molar refractivity (Wildman–Crippen MR) is 131 cm³/mol. The van der Waals surface area contributed by atoms with Gasteiger partial charge in [0.25, 0.3) is 5.56 Å². The minimum Gasteiger partial charge on any atom is -0.481 e. The molecule has 0 bridgehead atoms. The Hall–Kier alpha value is -3.56. The highest BCUT2D eigenvalue weighted by atomic mass is 35.5. The van der Waals surface area contributed by atoms with Gasteiger partial charge in [-0.15, -0.1) is 5.10 Å². The van der Waals surface area contributed by atoms with E-state index in [1.165, 1.54) is 10.6 Å². The van der Waals surface area contributed by atoms with Gasteiger partial charge in [-0.3, -0.25) is 4.79 Å². The molecule has 5 rings (SSSR count). The van der Waals surface area contributed by atoms with E-state index in [1.54, 1.807) is 45.4 Å². The maximum Gasteiger partial charge on any atom is 0.277 e. The Kier molecular flexibility index (Phi) is 6.12. The summed E-state index contributed by atoms with van der Waals surface area (Å²) in [6.45, 7) is 4.92. The predicted octanol–water partition coefficient (Wildman–Crippen LogP) is 4.15. The molecule has 0 aliphatic carbocycles. The normalized spacial score (nSPS) is 16.0. The maximum atomic E-state index is 15.0. The second-order valence-corrected chi connectivity index (χ2v) is 8.78. The van der Waals surface area contributed by atoms with E-state index in [4.69, 9.17) is 21.1 Å². The first-order valence-corrected chi connectivity index (χ1v) is 11.5. The quantitative estimate of drug-likeness (QED) is 0.420. The van der Waals surface area contributed by atoms with Crippen molar-refractivity contribution in [2.24, 2.45) is 0 Å². The molecule has 10 heteroatoms. The van der Waals surface area contributed by atoms with Crippen molar-refractivity contribution in [1.29, 1.82) is 0 Å². The largest absolute Gasteiger partial charge is 0.481 e. The summed E-state index contributed by atoms with van der Waals surface area (Å²) in [5.41, 5.74) is 2.70. The Morgan fingerprint density at radius 1 is 1.17 bits per heavy atom. The standard InChI is InChI=1S/C25H23ClFN5O3/c1-14-15(2)29-24-19(18-5-4-17(26)11-20(18)27)12-22(30-32(24)25(14)33)31-8-9-35-21(13-31)16-6-7-28-23(10-16)34-3/h4-7,10-12,21H,8-9,13H2,1-3H3/t21-/m0/s1. The van der Waals surface area contributed by atoms with E-state index >= 15 is 4.39 Å². The van der Waals surface area contributed by atoms with Crippen molar-refractivity contribution < 1.29 is 13.9 Å². The molecule has 1 aliphatic rings. The fourth-order valence-electron chi connectivity index (χ4n) is 4.15. The molecule has 0 spiro atoms. The Bertz CT molecular complexity index is 1490. The van der Waals surface area contributed by atoms with Crippen molar-refractivity contribution in [1.82, 2.24) is 19.6 Å². The van der Waals surface area contributed by atoms with Gasteiger partial charge >= 0.3 is 0 Å². The number of hydrogen-bond donors (Lipinski definition) is 0. The van der Waals surface area contributed by atoms with E-state index in [9.17, 15) is 4.79 Å². The molecular formula is C25H23ClFN5O3. The molecule has 1 aromatic carbocycles. The zero-order valence-electron chi connectivity index (χ0n) is 19.5. The highest BCUT2D eigenvalue weighted by Crippen LogP contribution is 2.32. The number of ether oxygens (including phenoxy) is 2. The number of pyridine rings is 1. The van der Waals surface area contributed by atoms with E-state index < -0.39 is 5.82 Å². The Morgan fingerprint density at radius 3 is 2.77 bits per heavy atom. The van der Waals surface area contributed by atoms with Crippen LogP contribution in [0.5, 0.6) is 5.88 Å². The van der Waals surface area contributed by atoms with Gasteiger partial charge in [-0.2, -0.15) is 4.52 Å². The first-order chi connectivity index (χ1) is 16.9. The monoisotopic (exact) mass is 495 g/mol. The lowest BCUT2D eigenvalue weighted by atomic mass is 10.1. The number of fused-ring (bicyclic) bond motifs is 1. The fourth-order valence-corrected chi connectivity index (χ4v) is 4.31. The van der Waals surface area contributed by atoms with E-state index in [2.05, 4.69) is 15.1 Å². The summed E-state index contributed by atoms with van der Waals surface area (Å²) in [6, 6.07) is 9.91. The van der Waals surface area contributed by atoms with Gasteiger partial charge in [0.1, 0.15) is 11.9 Å². The molecule has 1 saturated heterocycles. The number of aromatic nitrogens is 4. The highest BCUT2D eigenvalue weighted by Gasteiger charge is 2.26. The number of halogens is 2. The van der Waals surface area contributed by atoms with Crippen LogP contribution in [0.4, 0.5) is 10.2 Å². The van der Waals surface area contributed by atoms with Crippen LogP contribution in [0.3, 0.4) is 0 Å². The van der Waals surface area contributed by atoms with Crippen molar-refractivity contribution in [3.05, 3.63) is 80.6 Å². The second kappa shape index (κ2) is 9.24. The topological polar surface area (TPSA) is 81.9 Å². The first-order valence-electron chi connectivity index (χ1n) is 11.1. The summed E-state index contributed by atoms with van der Waals surface area (Å²) in [5.74, 6) is 0.507. The van der Waals surface area contributed by atoms with E-state index in [0.717, 1.165) is 5.56 Å². The molecule has 4 heterocycles. The Balaban J connectivity index is 1.64. The molecular weight excluding hydrogens is 473 g/mol. The molecule has 0 amide bonds. The molecule has 180 valence electrons. The summed E-state index contributed by atoms with van der Waals surface area (Å²) >= 11 is 5.98. The minimum atomic E-state index is -0.507. The van der Waals surface area contributed by atoms with E-state index in [-0.39, 0.29) is 27.9 Å². The maximum absolute atomic E-state index is 15.0. The minimum absolute atomic E-state index is 0.261. The van der Waals surface area contributed by atoms with Gasteiger partial charge in [0, 0.05) is 52.8 Å². The molecule has 3 aromatic heterocycles. The van der Waals surface area contributed by atoms with E-state index in [1.807, 2.05) is 17.0 Å². The van der Waals surface area contributed by atoms with Crippen molar-refractivity contribution in [3.63, 3.8) is 0 Å². The third kappa shape index (κ3) is 4.33. The van der Waals surface area contributed by atoms with Crippen molar-refractivity contribution in [2.75, 3.05) is 31.7 Å². The molecule has 1 fully saturated rings. The van der Waals surface area contributed by atoms with E-state index in [0.29, 0.717) is 48.2 Å². The number of anilines is 1. The second-order valence-electron chi connectivity index (χ2n) is 8.34. The summed E-state index contributed by atoms with van der Waals surface area (Å²) in [5, 5.41) is 4.91. The van der Waals surface area contributed by atoms with Gasteiger partial charge in [-0.25, -0.2) is 14.4 Å². The van der Waals surface area contributed by atoms with Crippen LogP contribution in [0.25, 0.3) is 16.8 Å². The lowest BCUT2D eigenvalue weighted by Gasteiger charge is -2.34. The third-order valence-corrected chi connectivity index (χ3v) is 6.43. The van der Waals surface area contributed by atoms with Gasteiger partial charge in [0.05, 0.1) is 13.7 Å². The van der Waals surface area contributed by atoms with Crippen LogP contribution in [0.15, 0.2) is 47.4 Å². The van der Waals surface area contributed by atoms with Gasteiger partial charge in [0.2, 0.25) is 5.88 Å². The molecule has 1 atom stereocenters. The summed E-state index contributed by atoms with van der Waals surface area (Å²) < 4.78 is 27.5. The molecule has 0 N–H and O–H groups in total. The molecule has 8 nitrogen and oxygen atoms in total. The van der Waals surface area contributed by atoms with Crippen molar-refractivity contribution >= 4 is 23.1 Å². The number of rotatable bonds is 4. The van der Waals surface area contributed by atoms with Gasteiger partial charge < -0.3 is 14.4 Å². The number of benzene rings is 1. The summed E-state index contributed by atoms with van der Waals surface area (Å²) in [4.78, 5) is 23.9. The molecule has 4 aromatic rings. The van der Waals surface area contributed by atoms with Crippen LogP contribution in [-0.4, -0.2) is 46.4 Å². The molecule has 0 unspecified atom stereocenters. The first kappa shape index (κ1) is 23.2. The van der Waals surface area contributed by atoms with Crippen LogP contribution in [-0.2, 0) is 4.74 Å². The molecule has 1 aliphatic heterocycles. The SMILES string of the molecule is COc1cc([C@@H]2CN(c3cc(-c4ccc(Cl)cc4F)c4nc(C)c(C)c(=O)n4n3)CCO2)ccn1. The summed E-state index contributed by atoms with van der Waals surface area (Å²) in [6.07, 6.45) is 1.41. The Morgan fingerprint density at radius 2 is 2.00 bits per heavy atom. The van der Waals surface area contributed by atoms with Gasteiger partial charge in [-0.1, -0.05) is 11.6 Å². The fraction of sp³-hybridized carbons (Fsp3) is 0.280. The number of morpholine rings is 1. The lowest BCUT2D eigenvalue weighted by Crippen LogP contribution is -2.39. The smallest absolute Gasteiger partial charge is 0.277 e. The molecule has 35 heavy (non-hydrogen) atoms. The van der Waals surface area contributed by atoms with Crippen LogP contribution in [0.1, 0.15) is 22.9 Å². The number of nitrogens with zero attached hydrogens (tertiary/aromatic N) is 5. The van der Waals surface area contributed by atoms with Crippen molar-refractivity contribution in [2.45, 2.75) is 20.0 Å². The number of methoxy groups -OCH3 is 1. The summed E-state index contributed by atoms with van der Waals surface area (Å²) in [7, 11) is 1.56. The van der Waals surface area contributed by atoms with Crippen molar-refractivity contribution in [3.8, 4) is 17.0 Å². The van der Waals surface area contributed by atoms with Gasteiger partial charge in [-0.05, 0) is 49.7 Å². The average molecular weight is 496 g/mol. The lowest BCUT2D eigenvalue weighted by molar-refractivity contribution is 0.0392. The third-order valence-electron chi connectivity index (χ3n) is 6.20. The average Bonchev–Trinajstić information content (AvgIpc) is 2.87. The molecule has 0 radical (unpaired) electrons. The zero-order chi connectivity index (χ0) is 24.7. The van der Waals surface area contributed by atoms with Gasteiger partial charge in [0.15, 0.2) is 11.5 Å². The Labute approximate surface area is 205 Å². The highest BCUT2D eigenvalue weighted by molar-refractivity contribution is 6.30. The number of aryl methyl sites for hydroxylation is 1.